The zero-order chi connectivity index (χ0) is 22.1. The highest BCUT2D eigenvalue weighted by atomic mass is 16.3. The largest absolute Gasteiger partial charge is 0.468 e. The summed E-state index contributed by atoms with van der Waals surface area (Å²) in [5.41, 5.74) is 1.85. The highest BCUT2D eigenvalue weighted by Crippen LogP contribution is 2.50. The van der Waals surface area contributed by atoms with Crippen LogP contribution >= 0.6 is 0 Å². The van der Waals surface area contributed by atoms with Gasteiger partial charge in [0.15, 0.2) is 0 Å². The van der Waals surface area contributed by atoms with Crippen LogP contribution in [0.5, 0.6) is 0 Å². The summed E-state index contributed by atoms with van der Waals surface area (Å²) < 4.78 is 7.72. The smallest absolute Gasteiger partial charge is 0.231 e. The first-order chi connectivity index (χ1) is 15.6. The number of likely N-dealkylation sites (tertiary alicyclic amines) is 2. The molecule has 2 aliphatic rings. The van der Waals surface area contributed by atoms with Gasteiger partial charge in [-0.2, -0.15) is 5.10 Å². The molecule has 0 radical (unpaired) electrons. The van der Waals surface area contributed by atoms with Gasteiger partial charge in [0.05, 0.1) is 18.2 Å². The van der Waals surface area contributed by atoms with E-state index in [1.54, 1.807) is 18.7 Å². The molecular formula is C25H31N5O2. The van der Waals surface area contributed by atoms with Gasteiger partial charge in [-0.1, -0.05) is 0 Å². The summed E-state index contributed by atoms with van der Waals surface area (Å²) in [5.74, 6) is 1.31. The van der Waals surface area contributed by atoms with Crippen molar-refractivity contribution < 1.29 is 9.21 Å². The van der Waals surface area contributed by atoms with E-state index in [4.69, 9.17) is 4.42 Å². The first-order valence-electron chi connectivity index (χ1n) is 11.5. The van der Waals surface area contributed by atoms with Crippen LogP contribution in [0.3, 0.4) is 0 Å². The predicted molar refractivity (Wildman–Crippen MR) is 121 cm³/mol. The van der Waals surface area contributed by atoms with Crippen LogP contribution in [0.25, 0.3) is 0 Å². The van der Waals surface area contributed by atoms with Crippen molar-refractivity contribution in [2.24, 2.45) is 5.41 Å². The first kappa shape index (κ1) is 20.9. The maximum absolute atomic E-state index is 14.1. The second kappa shape index (κ2) is 8.54. The fourth-order valence-corrected chi connectivity index (χ4v) is 5.60. The molecule has 5 heterocycles. The molecular weight excluding hydrogens is 402 g/mol. The molecule has 168 valence electrons. The highest BCUT2D eigenvalue weighted by molar-refractivity contribution is 5.85. The van der Waals surface area contributed by atoms with Crippen molar-refractivity contribution in [2.75, 3.05) is 19.6 Å². The summed E-state index contributed by atoms with van der Waals surface area (Å²) in [6, 6.07) is 10.3. The fourth-order valence-electron chi connectivity index (χ4n) is 5.60. The third-order valence-corrected chi connectivity index (χ3v) is 7.01. The second-order valence-electron chi connectivity index (χ2n) is 9.44. The number of carbonyl (C=O) groups excluding carboxylic acids is 1. The minimum Gasteiger partial charge on any atom is -0.468 e. The number of furan rings is 1. The van der Waals surface area contributed by atoms with Crippen LogP contribution in [0.2, 0.25) is 0 Å². The van der Waals surface area contributed by atoms with Gasteiger partial charge in [0.1, 0.15) is 5.76 Å². The minimum absolute atomic E-state index is 0.107. The third-order valence-electron chi connectivity index (χ3n) is 7.01. The van der Waals surface area contributed by atoms with E-state index in [2.05, 4.69) is 44.5 Å². The van der Waals surface area contributed by atoms with Gasteiger partial charge in [0, 0.05) is 62.4 Å². The Morgan fingerprint density at radius 3 is 2.75 bits per heavy atom. The van der Waals surface area contributed by atoms with Crippen LogP contribution in [0.4, 0.5) is 0 Å². The van der Waals surface area contributed by atoms with Crippen LogP contribution in [0.1, 0.15) is 55.7 Å². The van der Waals surface area contributed by atoms with Crippen LogP contribution in [0, 0.1) is 5.41 Å². The molecule has 3 aromatic heterocycles. The molecule has 3 aromatic rings. The van der Waals surface area contributed by atoms with Crippen LogP contribution in [-0.2, 0) is 17.9 Å². The van der Waals surface area contributed by atoms with Gasteiger partial charge in [0.25, 0.3) is 0 Å². The molecule has 7 heteroatoms. The summed E-state index contributed by atoms with van der Waals surface area (Å²) in [6.45, 7) is 8.03. The van der Waals surface area contributed by atoms with Gasteiger partial charge in [-0.3, -0.25) is 19.4 Å². The molecule has 1 spiro atoms. The first-order valence-corrected chi connectivity index (χ1v) is 11.5. The number of piperidine rings is 1. The van der Waals surface area contributed by atoms with E-state index in [0.717, 1.165) is 50.3 Å². The number of carbonyl (C=O) groups is 1. The summed E-state index contributed by atoms with van der Waals surface area (Å²) >= 11 is 0. The Bertz CT molecular complexity index is 1050. The van der Waals surface area contributed by atoms with Crippen molar-refractivity contribution in [1.82, 2.24) is 24.6 Å². The van der Waals surface area contributed by atoms with Crippen molar-refractivity contribution >= 4 is 5.91 Å². The van der Waals surface area contributed by atoms with E-state index in [1.165, 1.54) is 5.69 Å². The lowest BCUT2D eigenvalue weighted by Gasteiger charge is -2.42. The van der Waals surface area contributed by atoms with Gasteiger partial charge >= 0.3 is 0 Å². The van der Waals surface area contributed by atoms with E-state index in [1.807, 2.05) is 30.5 Å². The molecule has 0 saturated carbocycles. The number of rotatable bonds is 6. The topological polar surface area (TPSA) is 67.4 Å². The number of hydrogen-bond acceptors (Lipinski definition) is 5. The lowest BCUT2D eigenvalue weighted by atomic mass is 9.70. The number of pyridine rings is 1. The van der Waals surface area contributed by atoms with E-state index in [0.29, 0.717) is 6.54 Å². The van der Waals surface area contributed by atoms with Crippen LogP contribution in [0.15, 0.2) is 59.6 Å². The number of aromatic nitrogens is 3. The van der Waals surface area contributed by atoms with E-state index in [9.17, 15) is 4.79 Å². The van der Waals surface area contributed by atoms with E-state index in [-0.39, 0.29) is 17.9 Å². The Kier molecular flexibility index (Phi) is 5.59. The molecule has 7 nitrogen and oxygen atoms in total. The summed E-state index contributed by atoms with van der Waals surface area (Å²) in [7, 11) is 0. The number of nitrogens with zero attached hydrogens (tertiary/aromatic N) is 5. The Balaban J connectivity index is 1.48. The van der Waals surface area contributed by atoms with Crippen molar-refractivity contribution in [3.05, 3.63) is 72.2 Å². The molecule has 2 fully saturated rings. The Morgan fingerprint density at radius 1 is 1.16 bits per heavy atom. The predicted octanol–water partition coefficient (Wildman–Crippen LogP) is 3.86. The van der Waals surface area contributed by atoms with Crippen molar-refractivity contribution in [3.63, 3.8) is 0 Å². The molecule has 0 unspecified atom stereocenters. The maximum Gasteiger partial charge on any atom is 0.231 e. The fraction of sp³-hybridized carbons (Fsp3) is 0.480. The molecule has 0 aromatic carbocycles. The standard InChI is InChI=1S/C25H31N5O2/c1-19(2)30-23(8-12-27-30)22-17-28(16-21-5-3-14-32-21)18-25(22)9-4-13-29(24(25)31)15-20-6-10-26-11-7-20/h3,5-8,10-12,14,19,22H,4,9,13,15-18H2,1-2H3/t22-,25+/m0/s1. The molecule has 32 heavy (non-hydrogen) atoms. The third kappa shape index (κ3) is 3.75. The van der Waals surface area contributed by atoms with Crippen LogP contribution < -0.4 is 0 Å². The van der Waals surface area contributed by atoms with Gasteiger partial charge < -0.3 is 9.32 Å². The Hall–Kier alpha value is -2.93. The van der Waals surface area contributed by atoms with Gasteiger partial charge in [-0.05, 0) is 62.6 Å². The average molecular weight is 434 g/mol. The number of hydrogen-bond donors (Lipinski definition) is 0. The Morgan fingerprint density at radius 2 is 2.00 bits per heavy atom. The summed E-state index contributed by atoms with van der Waals surface area (Å²) in [6.07, 6.45) is 9.10. The zero-order valence-corrected chi connectivity index (χ0v) is 18.9. The molecule has 0 N–H and O–H groups in total. The van der Waals surface area contributed by atoms with Gasteiger partial charge in [0.2, 0.25) is 5.91 Å². The molecule has 2 saturated heterocycles. The highest BCUT2D eigenvalue weighted by Gasteiger charge is 2.56. The SMILES string of the molecule is CC(C)n1nccc1[C@@H]1CN(Cc2ccco2)C[C@]12CCCN(Cc1ccncc1)C2=O. The van der Waals surface area contributed by atoms with E-state index < -0.39 is 5.41 Å². The van der Waals surface area contributed by atoms with Crippen LogP contribution in [-0.4, -0.2) is 50.1 Å². The molecule has 2 atom stereocenters. The van der Waals surface area contributed by atoms with Crippen molar-refractivity contribution in [2.45, 2.75) is 51.7 Å². The quantitative estimate of drug-likeness (QED) is 0.591. The monoisotopic (exact) mass is 433 g/mol. The lowest BCUT2D eigenvalue weighted by Crippen LogP contribution is -2.52. The molecule has 2 aliphatic heterocycles. The maximum atomic E-state index is 14.1. The van der Waals surface area contributed by atoms with Crippen molar-refractivity contribution in [1.29, 1.82) is 0 Å². The molecule has 0 bridgehead atoms. The zero-order valence-electron chi connectivity index (χ0n) is 18.9. The normalized spacial score (nSPS) is 24.2. The van der Waals surface area contributed by atoms with Gasteiger partial charge in [-0.25, -0.2) is 0 Å². The lowest BCUT2D eigenvalue weighted by molar-refractivity contribution is -0.147. The summed E-state index contributed by atoms with van der Waals surface area (Å²) in [5, 5.41) is 4.60. The molecule has 0 aliphatic carbocycles. The van der Waals surface area contributed by atoms with Crippen molar-refractivity contribution in [3.8, 4) is 0 Å². The average Bonchev–Trinajstić information content (AvgIpc) is 3.53. The Labute approximate surface area is 189 Å². The second-order valence-corrected chi connectivity index (χ2v) is 9.44. The minimum atomic E-state index is -0.440. The molecule has 1 amide bonds. The van der Waals surface area contributed by atoms with E-state index >= 15 is 0 Å². The molecule has 5 rings (SSSR count). The van der Waals surface area contributed by atoms with Gasteiger partial charge in [-0.15, -0.1) is 0 Å². The summed E-state index contributed by atoms with van der Waals surface area (Å²) in [4.78, 5) is 22.7. The number of amides is 1.